The summed E-state index contributed by atoms with van der Waals surface area (Å²) in [5.41, 5.74) is 6.19. The fourth-order valence-electron chi connectivity index (χ4n) is 3.16. The van der Waals surface area contributed by atoms with E-state index >= 15 is 0 Å². The van der Waals surface area contributed by atoms with Gasteiger partial charge in [0.05, 0.1) is 22.4 Å². The number of imidazole rings is 1. The van der Waals surface area contributed by atoms with Crippen molar-refractivity contribution in [3.8, 4) is 0 Å². The number of aromatic amines is 1. The summed E-state index contributed by atoms with van der Waals surface area (Å²) in [5.74, 6) is 0.207. The molecule has 0 radical (unpaired) electrons. The van der Waals surface area contributed by atoms with Crippen LogP contribution in [-0.4, -0.2) is 20.7 Å². The first kappa shape index (κ1) is 10.1. The maximum atomic E-state index is 4.82. The predicted molar refractivity (Wildman–Crippen MR) is 79.5 cm³/mol. The van der Waals surface area contributed by atoms with Gasteiger partial charge >= 0.3 is 0 Å². The van der Waals surface area contributed by atoms with Crippen molar-refractivity contribution in [2.75, 3.05) is 0 Å². The minimum Gasteiger partial charge on any atom is -0.359 e. The number of fused-ring (bicyclic) bond motifs is 8. The highest BCUT2D eigenvalue weighted by Crippen LogP contribution is 2.46. The van der Waals surface area contributed by atoms with Crippen LogP contribution in [0.5, 0.6) is 0 Å². The quantitative estimate of drug-likeness (QED) is 0.671. The molecule has 1 aromatic carbocycles. The molecule has 5 rings (SSSR count). The van der Waals surface area contributed by atoms with Crippen molar-refractivity contribution >= 4 is 33.3 Å². The fourth-order valence-corrected chi connectivity index (χ4v) is 3.16. The minimum absolute atomic E-state index is 0.207. The van der Waals surface area contributed by atoms with Gasteiger partial charge in [-0.15, -0.1) is 0 Å². The van der Waals surface area contributed by atoms with Crippen molar-refractivity contribution in [2.24, 2.45) is 4.99 Å². The van der Waals surface area contributed by atoms with Crippen molar-refractivity contribution < 1.29 is 0 Å². The number of nitrogens with zero attached hydrogens (tertiary/aromatic N) is 3. The van der Waals surface area contributed by atoms with Gasteiger partial charge in [0, 0.05) is 23.1 Å². The number of allylic oxidation sites excluding steroid dienone is 4. The van der Waals surface area contributed by atoms with Gasteiger partial charge in [0.1, 0.15) is 11.8 Å². The number of hydrogen-bond acceptors (Lipinski definition) is 3. The van der Waals surface area contributed by atoms with Gasteiger partial charge in [-0.3, -0.25) is 4.99 Å². The molecule has 94 valence electrons. The van der Waals surface area contributed by atoms with Crippen molar-refractivity contribution in [1.82, 2.24) is 15.0 Å². The van der Waals surface area contributed by atoms with Gasteiger partial charge in [-0.2, -0.15) is 0 Å². The molecule has 3 heterocycles. The van der Waals surface area contributed by atoms with E-state index in [1.54, 1.807) is 6.33 Å². The topological polar surface area (TPSA) is 53.9 Å². The zero-order chi connectivity index (χ0) is 13.1. The highest BCUT2D eigenvalue weighted by molar-refractivity contribution is 6.18. The van der Waals surface area contributed by atoms with Crippen LogP contribution in [0.4, 0.5) is 5.69 Å². The lowest BCUT2D eigenvalue weighted by Gasteiger charge is -2.11. The molecule has 20 heavy (non-hydrogen) atoms. The molecule has 0 bridgehead atoms. The van der Waals surface area contributed by atoms with Crippen LogP contribution < -0.4 is 0 Å². The predicted octanol–water partition coefficient (Wildman–Crippen LogP) is 3.41. The van der Waals surface area contributed by atoms with Gasteiger partial charge < -0.3 is 4.98 Å². The van der Waals surface area contributed by atoms with E-state index in [1.165, 1.54) is 5.56 Å². The van der Waals surface area contributed by atoms with E-state index in [2.05, 4.69) is 39.2 Å². The normalized spacial score (nSPS) is 19.4. The van der Waals surface area contributed by atoms with Crippen LogP contribution in [-0.2, 0) is 0 Å². The third-order valence-corrected chi connectivity index (χ3v) is 4.01. The molecule has 0 saturated carbocycles. The zero-order valence-electron chi connectivity index (χ0n) is 10.5. The Morgan fingerprint density at radius 3 is 3.05 bits per heavy atom. The SMILES string of the molecule is C1=CC2=Nc3c(c4ncnc4c4[nH]cccc34)C2C=C1. The second kappa shape index (κ2) is 3.42. The summed E-state index contributed by atoms with van der Waals surface area (Å²) in [5, 5.41) is 1.11. The molecular weight excluding hydrogens is 248 g/mol. The summed E-state index contributed by atoms with van der Waals surface area (Å²) in [4.78, 5) is 17.0. The van der Waals surface area contributed by atoms with Crippen LogP contribution in [0.15, 0.2) is 54.0 Å². The highest BCUT2D eigenvalue weighted by Gasteiger charge is 2.30. The summed E-state index contributed by atoms with van der Waals surface area (Å²) < 4.78 is 0. The number of H-pyrrole nitrogens is 1. The number of aliphatic imine (C=N–C) groups is 1. The summed E-state index contributed by atoms with van der Waals surface area (Å²) in [6.07, 6.45) is 11.9. The number of hydrogen-bond donors (Lipinski definition) is 1. The Hall–Kier alpha value is -2.75. The van der Waals surface area contributed by atoms with Gasteiger partial charge in [-0.1, -0.05) is 18.2 Å². The molecule has 1 atom stereocenters. The molecule has 4 heteroatoms. The lowest BCUT2D eigenvalue weighted by Crippen LogP contribution is -2.05. The molecule has 0 saturated heterocycles. The van der Waals surface area contributed by atoms with Gasteiger partial charge in [0.25, 0.3) is 0 Å². The average molecular weight is 258 g/mol. The number of aromatic nitrogens is 3. The Kier molecular flexibility index (Phi) is 1.72. The molecule has 1 aliphatic carbocycles. The van der Waals surface area contributed by atoms with Crippen molar-refractivity contribution in [1.29, 1.82) is 0 Å². The fraction of sp³-hybridized carbons (Fsp3) is 0.0625. The van der Waals surface area contributed by atoms with E-state index in [9.17, 15) is 0 Å². The standard InChI is InChI=1S/C16H10N4/c1-2-6-11-9(4-1)12-13(20-11)10-5-3-7-17-14(10)16-15(12)18-8-19-16/h1-9,17H. The second-order valence-corrected chi connectivity index (χ2v) is 5.05. The van der Waals surface area contributed by atoms with Crippen LogP contribution in [0.25, 0.3) is 21.9 Å². The summed E-state index contributed by atoms with van der Waals surface area (Å²) in [6.45, 7) is 0. The van der Waals surface area contributed by atoms with Crippen LogP contribution in [0.1, 0.15) is 11.5 Å². The molecule has 3 aromatic rings. The molecule has 0 amide bonds. The van der Waals surface area contributed by atoms with E-state index in [4.69, 9.17) is 4.99 Å². The van der Waals surface area contributed by atoms with E-state index in [1.807, 2.05) is 18.3 Å². The largest absolute Gasteiger partial charge is 0.359 e. The van der Waals surface area contributed by atoms with Crippen molar-refractivity contribution in [3.05, 3.63) is 54.5 Å². The maximum absolute atomic E-state index is 4.82. The lowest BCUT2D eigenvalue weighted by molar-refractivity contribution is 1.19. The molecule has 0 spiro atoms. The number of nitrogens with one attached hydrogen (secondary N) is 1. The highest BCUT2D eigenvalue weighted by atomic mass is 14.9. The smallest absolute Gasteiger partial charge is 0.117 e. The second-order valence-electron chi connectivity index (χ2n) is 5.05. The number of rotatable bonds is 0. The van der Waals surface area contributed by atoms with Crippen LogP contribution >= 0.6 is 0 Å². The molecular formula is C16H10N4. The molecule has 1 aliphatic heterocycles. The zero-order valence-corrected chi connectivity index (χ0v) is 10.5. The third kappa shape index (κ3) is 1.09. The van der Waals surface area contributed by atoms with E-state index < -0.39 is 0 Å². The van der Waals surface area contributed by atoms with Gasteiger partial charge in [0.2, 0.25) is 0 Å². The first-order chi connectivity index (χ1) is 9.93. The summed E-state index contributed by atoms with van der Waals surface area (Å²) in [7, 11) is 0. The first-order valence-electron chi connectivity index (χ1n) is 6.60. The van der Waals surface area contributed by atoms with Crippen molar-refractivity contribution in [2.45, 2.75) is 5.92 Å². The van der Waals surface area contributed by atoms with Gasteiger partial charge in [0.15, 0.2) is 0 Å². The maximum Gasteiger partial charge on any atom is 0.117 e. The molecule has 1 unspecified atom stereocenters. The van der Waals surface area contributed by atoms with Gasteiger partial charge in [-0.05, 0) is 18.2 Å². The molecule has 2 aromatic heterocycles. The van der Waals surface area contributed by atoms with E-state index in [0.29, 0.717) is 0 Å². The Labute approximate surface area is 114 Å². The summed E-state index contributed by atoms with van der Waals surface area (Å²) in [6, 6.07) is 4.09. The molecule has 1 N–H and O–H groups in total. The molecule has 4 nitrogen and oxygen atoms in total. The van der Waals surface area contributed by atoms with E-state index in [-0.39, 0.29) is 5.92 Å². The Morgan fingerprint density at radius 2 is 2.05 bits per heavy atom. The third-order valence-electron chi connectivity index (χ3n) is 4.01. The van der Waals surface area contributed by atoms with Crippen molar-refractivity contribution in [3.63, 3.8) is 0 Å². The van der Waals surface area contributed by atoms with Crippen LogP contribution in [0.3, 0.4) is 0 Å². The summed E-state index contributed by atoms with van der Waals surface area (Å²) >= 11 is 0. The van der Waals surface area contributed by atoms with Crippen LogP contribution in [0, 0.1) is 0 Å². The molecule has 2 aliphatic rings. The van der Waals surface area contributed by atoms with E-state index in [0.717, 1.165) is 33.3 Å². The Bertz CT molecular complexity index is 959. The Balaban J connectivity index is 2.03. The number of benzene rings is 1. The number of pyridine rings is 1. The minimum atomic E-state index is 0.207. The first-order valence-corrected chi connectivity index (χ1v) is 6.60. The van der Waals surface area contributed by atoms with Crippen LogP contribution in [0.2, 0.25) is 0 Å². The molecule has 0 fully saturated rings. The van der Waals surface area contributed by atoms with Gasteiger partial charge in [-0.25, -0.2) is 9.97 Å². The Morgan fingerprint density at radius 1 is 1.10 bits per heavy atom. The lowest BCUT2D eigenvalue weighted by atomic mass is 9.90. The monoisotopic (exact) mass is 258 g/mol. The average Bonchev–Trinajstić information content (AvgIpc) is 3.11.